The van der Waals surface area contributed by atoms with E-state index in [2.05, 4.69) is 6.92 Å². The maximum absolute atomic E-state index is 15.3. The molecule has 0 aliphatic heterocycles. The summed E-state index contributed by atoms with van der Waals surface area (Å²) in [6.45, 7) is 5.26. The fourth-order valence-corrected chi connectivity index (χ4v) is 4.90. The van der Waals surface area contributed by atoms with Gasteiger partial charge in [-0.05, 0) is 41.7 Å². The minimum absolute atomic E-state index is 0.240. The van der Waals surface area contributed by atoms with Crippen LogP contribution in [-0.4, -0.2) is 19.0 Å². The van der Waals surface area contributed by atoms with Crippen LogP contribution in [0.3, 0.4) is 0 Å². The standard InChI is InChI=1S/C34H38F2O2/c1-3-5-6-7-8-12-25-38-34(37-4-2)23-21-29(22-24-34)31-20-19-30(32(35)33(31)36)28-17-15-27(16-18-28)26-13-10-9-11-14-26/h9-11,13-23H,3-8,12,24-25H2,1-2H3. The molecule has 0 radical (unpaired) electrons. The molecule has 4 rings (SSSR count). The van der Waals surface area contributed by atoms with Crippen molar-refractivity contribution in [3.63, 3.8) is 0 Å². The number of benzene rings is 3. The van der Waals surface area contributed by atoms with E-state index in [4.69, 9.17) is 9.47 Å². The van der Waals surface area contributed by atoms with E-state index in [9.17, 15) is 0 Å². The molecule has 200 valence electrons. The van der Waals surface area contributed by atoms with E-state index < -0.39 is 17.4 Å². The second-order valence-corrected chi connectivity index (χ2v) is 9.79. The fraction of sp³-hybridized carbons (Fsp3) is 0.353. The number of unbranched alkanes of at least 4 members (excludes halogenated alkanes) is 5. The summed E-state index contributed by atoms with van der Waals surface area (Å²) in [5.41, 5.74) is 3.86. The molecule has 1 unspecified atom stereocenters. The van der Waals surface area contributed by atoms with Gasteiger partial charge in [0.15, 0.2) is 17.4 Å². The lowest BCUT2D eigenvalue weighted by molar-refractivity contribution is -0.200. The molecule has 0 spiro atoms. The Bertz CT molecular complexity index is 1230. The summed E-state index contributed by atoms with van der Waals surface area (Å²) in [7, 11) is 0. The lowest BCUT2D eigenvalue weighted by Gasteiger charge is -2.32. The van der Waals surface area contributed by atoms with E-state index in [-0.39, 0.29) is 11.1 Å². The van der Waals surface area contributed by atoms with Gasteiger partial charge in [-0.3, -0.25) is 0 Å². The smallest absolute Gasteiger partial charge is 0.191 e. The Hall–Kier alpha value is -3.08. The molecule has 0 amide bonds. The first kappa shape index (κ1) is 27.9. The van der Waals surface area contributed by atoms with Crippen LogP contribution in [0.4, 0.5) is 8.78 Å². The first-order chi connectivity index (χ1) is 18.6. The Balaban J connectivity index is 1.43. The fourth-order valence-electron chi connectivity index (χ4n) is 4.90. The van der Waals surface area contributed by atoms with Crippen molar-refractivity contribution in [2.45, 2.75) is 64.6 Å². The number of ether oxygens (including phenoxy) is 2. The molecular weight excluding hydrogens is 478 g/mol. The van der Waals surface area contributed by atoms with Gasteiger partial charge in [0.1, 0.15) is 0 Å². The maximum Gasteiger partial charge on any atom is 0.191 e. The van der Waals surface area contributed by atoms with Crippen LogP contribution in [0.15, 0.2) is 85.0 Å². The molecule has 1 atom stereocenters. The van der Waals surface area contributed by atoms with Gasteiger partial charge in [0.2, 0.25) is 0 Å². The van der Waals surface area contributed by atoms with Crippen LogP contribution in [-0.2, 0) is 9.47 Å². The molecule has 2 nitrogen and oxygen atoms in total. The molecule has 38 heavy (non-hydrogen) atoms. The molecule has 0 heterocycles. The molecule has 1 aliphatic carbocycles. The molecule has 1 aliphatic rings. The lowest BCUT2D eigenvalue weighted by Crippen LogP contribution is -2.35. The van der Waals surface area contributed by atoms with Crippen molar-refractivity contribution < 1.29 is 18.3 Å². The van der Waals surface area contributed by atoms with Crippen LogP contribution in [0.25, 0.3) is 27.8 Å². The minimum atomic E-state index is -0.850. The summed E-state index contributed by atoms with van der Waals surface area (Å²) < 4.78 is 42.6. The van der Waals surface area contributed by atoms with Crippen molar-refractivity contribution in [1.82, 2.24) is 0 Å². The molecule has 0 N–H and O–H groups in total. The van der Waals surface area contributed by atoms with Gasteiger partial charge in [0.05, 0.1) is 6.61 Å². The molecule has 4 heteroatoms. The van der Waals surface area contributed by atoms with Crippen molar-refractivity contribution in [2.24, 2.45) is 0 Å². The van der Waals surface area contributed by atoms with Crippen molar-refractivity contribution in [2.75, 3.05) is 13.2 Å². The van der Waals surface area contributed by atoms with Gasteiger partial charge in [0.25, 0.3) is 0 Å². The van der Waals surface area contributed by atoms with Crippen molar-refractivity contribution in [1.29, 1.82) is 0 Å². The third kappa shape index (κ3) is 6.86. The molecule has 3 aromatic carbocycles. The van der Waals surface area contributed by atoms with Gasteiger partial charge < -0.3 is 9.47 Å². The molecule has 0 saturated heterocycles. The van der Waals surface area contributed by atoms with Crippen LogP contribution in [0.5, 0.6) is 0 Å². The van der Waals surface area contributed by atoms with Crippen LogP contribution in [0.1, 0.15) is 64.4 Å². The SMILES string of the molecule is CCCCCCCCOC1(OCC)C=CC(c2ccc(-c3ccc(-c4ccccc4)cc3)c(F)c2F)=CC1. The Labute approximate surface area is 226 Å². The quantitative estimate of drug-likeness (QED) is 0.166. The third-order valence-corrected chi connectivity index (χ3v) is 7.05. The largest absolute Gasteiger partial charge is 0.346 e. The number of hydrogen-bond acceptors (Lipinski definition) is 2. The van der Waals surface area contributed by atoms with E-state index >= 15 is 8.78 Å². The normalized spacial score (nSPS) is 17.0. The van der Waals surface area contributed by atoms with Crippen LogP contribution < -0.4 is 0 Å². The molecule has 0 fully saturated rings. The van der Waals surface area contributed by atoms with Crippen molar-refractivity contribution >= 4 is 5.57 Å². The Morgan fingerprint density at radius 1 is 0.684 bits per heavy atom. The van der Waals surface area contributed by atoms with E-state index in [1.165, 1.54) is 25.7 Å². The second kappa shape index (κ2) is 13.6. The Morgan fingerprint density at radius 3 is 2.00 bits per heavy atom. The second-order valence-electron chi connectivity index (χ2n) is 9.79. The van der Waals surface area contributed by atoms with Gasteiger partial charge in [-0.25, -0.2) is 8.78 Å². The molecule has 0 saturated carbocycles. The van der Waals surface area contributed by atoms with Gasteiger partial charge in [-0.2, -0.15) is 0 Å². The number of halogens is 2. The summed E-state index contributed by atoms with van der Waals surface area (Å²) in [5.74, 6) is -2.54. The number of hydrogen-bond donors (Lipinski definition) is 0. The van der Waals surface area contributed by atoms with Gasteiger partial charge in [-0.15, -0.1) is 0 Å². The topological polar surface area (TPSA) is 18.5 Å². The maximum atomic E-state index is 15.3. The Kier molecular flexibility index (Phi) is 10.0. The van der Waals surface area contributed by atoms with E-state index in [0.717, 1.165) is 24.0 Å². The number of allylic oxidation sites excluding steroid dienone is 2. The molecule has 0 aromatic heterocycles. The highest BCUT2D eigenvalue weighted by molar-refractivity contribution is 5.78. The van der Waals surface area contributed by atoms with Crippen LogP contribution >= 0.6 is 0 Å². The zero-order valence-electron chi connectivity index (χ0n) is 22.5. The molecule has 0 bridgehead atoms. The summed E-state index contributed by atoms with van der Waals surface area (Å²) in [5, 5.41) is 0. The first-order valence-corrected chi connectivity index (χ1v) is 13.9. The zero-order chi connectivity index (χ0) is 26.8. The highest BCUT2D eigenvalue weighted by Crippen LogP contribution is 2.35. The van der Waals surface area contributed by atoms with Gasteiger partial charge in [0, 0.05) is 24.2 Å². The first-order valence-electron chi connectivity index (χ1n) is 13.9. The minimum Gasteiger partial charge on any atom is -0.346 e. The van der Waals surface area contributed by atoms with Gasteiger partial charge in [-0.1, -0.05) is 118 Å². The predicted molar refractivity (Wildman–Crippen MR) is 153 cm³/mol. The average Bonchev–Trinajstić information content (AvgIpc) is 2.95. The summed E-state index contributed by atoms with van der Waals surface area (Å²) in [6, 6.07) is 20.8. The van der Waals surface area contributed by atoms with E-state index in [0.29, 0.717) is 30.8 Å². The summed E-state index contributed by atoms with van der Waals surface area (Å²) in [4.78, 5) is 0. The van der Waals surface area contributed by atoms with Crippen LogP contribution in [0, 0.1) is 11.6 Å². The van der Waals surface area contributed by atoms with Crippen LogP contribution in [0.2, 0.25) is 0 Å². The third-order valence-electron chi connectivity index (χ3n) is 7.05. The van der Waals surface area contributed by atoms with E-state index in [1.807, 2.05) is 73.7 Å². The average molecular weight is 517 g/mol. The highest BCUT2D eigenvalue weighted by atomic mass is 19.2. The van der Waals surface area contributed by atoms with E-state index in [1.54, 1.807) is 18.2 Å². The zero-order valence-corrected chi connectivity index (χ0v) is 22.5. The van der Waals surface area contributed by atoms with Gasteiger partial charge >= 0.3 is 0 Å². The Morgan fingerprint density at radius 2 is 1.32 bits per heavy atom. The van der Waals surface area contributed by atoms with Crippen molar-refractivity contribution in [3.05, 3.63) is 102 Å². The molecule has 3 aromatic rings. The van der Waals surface area contributed by atoms with Crippen molar-refractivity contribution in [3.8, 4) is 22.3 Å². The monoisotopic (exact) mass is 516 g/mol. The molecular formula is C34H38F2O2. The highest BCUT2D eigenvalue weighted by Gasteiger charge is 2.30. The predicted octanol–water partition coefficient (Wildman–Crippen LogP) is 9.75. The lowest BCUT2D eigenvalue weighted by atomic mass is 9.93. The summed E-state index contributed by atoms with van der Waals surface area (Å²) >= 11 is 0. The summed E-state index contributed by atoms with van der Waals surface area (Å²) in [6.07, 6.45) is 13.1. The number of rotatable bonds is 13.